The van der Waals surface area contributed by atoms with Crippen LogP contribution in [0.2, 0.25) is 0 Å². The van der Waals surface area contributed by atoms with Crippen LogP contribution in [0.5, 0.6) is 0 Å². The molecule has 0 heterocycles. The van der Waals surface area contributed by atoms with Crippen LogP contribution in [-0.2, 0) is 4.79 Å². The molecule has 0 bridgehead atoms. The van der Waals surface area contributed by atoms with Crippen LogP contribution in [0.15, 0.2) is 36.5 Å². The van der Waals surface area contributed by atoms with Crippen LogP contribution >= 0.6 is 0 Å². The summed E-state index contributed by atoms with van der Waals surface area (Å²) in [6.45, 7) is 6.98. The summed E-state index contributed by atoms with van der Waals surface area (Å²) in [6, 6.07) is 0. The Hall–Kier alpha value is -0.310. The molecule has 2 nitrogen and oxygen atoms in total. The van der Waals surface area contributed by atoms with E-state index in [9.17, 15) is 9.90 Å². The summed E-state index contributed by atoms with van der Waals surface area (Å²) in [5.41, 5.74) is 0. The third-order valence-electron chi connectivity index (χ3n) is 4.99. The van der Waals surface area contributed by atoms with Crippen molar-refractivity contribution in [2.45, 2.75) is 33.6 Å². The topological polar surface area (TPSA) is 40.1 Å². The molecule has 0 aromatic heterocycles. The molecule has 3 heteroatoms. The van der Waals surface area contributed by atoms with E-state index < -0.39 is 5.97 Å². The van der Waals surface area contributed by atoms with E-state index in [0.29, 0.717) is 23.7 Å². The van der Waals surface area contributed by atoms with Gasteiger partial charge in [0.05, 0.1) is 5.97 Å². The minimum atomic E-state index is -1.14. The molecular weight excluding hydrogens is 271 g/mol. The van der Waals surface area contributed by atoms with E-state index in [1.807, 2.05) is 6.08 Å². The van der Waals surface area contributed by atoms with Crippen molar-refractivity contribution < 1.29 is 39.5 Å². The van der Waals surface area contributed by atoms with Crippen LogP contribution in [0.4, 0.5) is 0 Å². The quantitative estimate of drug-likeness (QED) is 0.318. The zero-order chi connectivity index (χ0) is 14.7. The maximum absolute atomic E-state index is 10.4. The molecule has 0 spiro atoms. The number of allylic oxidation sites excluding steroid dienone is 5. The predicted octanol–water partition coefficient (Wildman–Crippen LogP) is -0.0268. The molecule has 1 saturated carbocycles. The van der Waals surface area contributed by atoms with Gasteiger partial charge in [0.1, 0.15) is 0 Å². The van der Waals surface area contributed by atoms with Crippen molar-refractivity contribution in [3.05, 3.63) is 36.5 Å². The summed E-state index contributed by atoms with van der Waals surface area (Å²) >= 11 is 0. The van der Waals surface area contributed by atoms with Crippen LogP contribution < -0.4 is 34.7 Å². The van der Waals surface area contributed by atoms with Crippen molar-refractivity contribution in [1.29, 1.82) is 0 Å². The minimum absolute atomic E-state index is 0. The Labute approximate surface area is 150 Å². The standard InChI is InChI=1S/C18H26O2.Na/c1-12-10-14(3)18-15(11-12)9-8-13(2)16(18)6-4-5-7-17(19)20;/h4-9,12-16,18H,10-11H2,1-3H3,(H,19,20);/q;+1/p-1/b6-4+,7-5+;. The molecule has 0 aromatic rings. The average molecular weight is 296 g/mol. The fourth-order valence-corrected chi connectivity index (χ4v) is 4.23. The van der Waals surface area contributed by atoms with Crippen LogP contribution in [-0.4, -0.2) is 5.97 Å². The van der Waals surface area contributed by atoms with Gasteiger partial charge >= 0.3 is 29.6 Å². The monoisotopic (exact) mass is 296 g/mol. The molecule has 21 heavy (non-hydrogen) atoms. The molecule has 2 aliphatic carbocycles. The number of carbonyl (C=O) groups is 1. The zero-order valence-electron chi connectivity index (χ0n) is 13.7. The maximum atomic E-state index is 10.4. The first-order chi connectivity index (χ1) is 9.49. The normalized spacial score (nSPS) is 39.2. The van der Waals surface area contributed by atoms with Gasteiger partial charge in [0.2, 0.25) is 0 Å². The summed E-state index contributed by atoms with van der Waals surface area (Å²) < 4.78 is 0. The van der Waals surface area contributed by atoms with Gasteiger partial charge in [-0.1, -0.05) is 51.2 Å². The third kappa shape index (κ3) is 4.84. The van der Waals surface area contributed by atoms with Crippen LogP contribution in [0.25, 0.3) is 0 Å². The van der Waals surface area contributed by atoms with Gasteiger partial charge in [0.25, 0.3) is 0 Å². The number of carbonyl (C=O) groups excluding carboxylic acids is 1. The molecular formula is C18H25NaO2. The van der Waals surface area contributed by atoms with Crippen molar-refractivity contribution in [1.82, 2.24) is 0 Å². The molecule has 2 aliphatic rings. The number of carboxylic acid groups (broad SMARTS) is 1. The Morgan fingerprint density at radius 3 is 2.52 bits per heavy atom. The van der Waals surface area contributed by atoms with E-state index in [0.717, 1.165) is 17.9 Å². The van der Waals surface area contributed by atoms with Gasteiger partial charge in [0.15, 0.2) is 0 Å². The fourth-order valence-electron chi connectivity index (χ4n) is 4.23. The molecule has 6 unspecified atom stereocenters. The molecule has 110 valence electrons. The van der Waals surface area contributed by atoms with Crippen LogP contribution in [0.3, 0.4) is 0 Å². The zero-order valence-corrected chi connectivity index (χ0v) is 15.7. The van der Waals surface area contributed by atoms with Crippen LogP contribution in [0, 0.1) is 35.5 Å². The van der Waals surface area contributed by atoms with E-state index in [-0.39, 0.29) is 29.6 Å². The average Bonchev–Trinajstić information content (AvgIpc) is 2.36. The van der Waals surface area contributed by atoms with Crippen molar-refractivity contribution in [2.75, 3.05) is 0 Å². The van der Waals surface area contributed by atoms with E-state index in [4.69, 9.17) is 0 Å². The molecule has 1 fully saturated rings. The van der Waals surface area contributed by atoms with Gasteiger partial charge < -0.3 is 9.90 Å². The number of aliphatic carboxylic acids is 1. The summed E-state index contributed by atoms with van der Waals surface area (Å²) in [5.74, 6) is 2.83. The van der Waals surface area contributed by atoms with Gasteiger partial charge in [-0.2, -0.15) is 0 Å². The first kappa shape index (κ1) is 18.7. The second kappa shape index (κ2) is 8.36. The fraction of sp³-hybridized carbons (Fsp3) is 0.611. The SMILES string of the molecule is CC1CC(C)C2C(C=CC(C)C2/C=C/C=C/C(=O)[O-])C1.[Na+]. The number of hydrogen-bond acceptors (Lipinski definition) is 2. The molecule has 0 amide bonds. The van der Waals surface area contributed by atoms with Crippen molar-refractivity contribution in [3.63, 3.8) is 0 Å². The van der Waals surface area contributed by atoms with Crippen molar-refractivity contribution in [2.24, 2.45) is 35.5 Å². The maximum Gasteiger partial charge on any atom is 1.00 e. The minimum Gasteiger partial charge on any atom is -0.545 e. The molecule has 0 radical (unpaired) electrons. The molecule has 6 atom stereocenters. The molecule has 0 N–H and O–H groups in total. The number of fused-ring (bicyclic) bond motifs is 1. The summed E-state index contributed by atoms with van der Waals surface area (Å²) in [4.78, 5) is 10.4. The number of rotatable bonds is 3. The second-order valence-corrected chi connectivity index (χ2v) is 6.68. The van der Waals surface area contributed by atoms with E-state index >= 15 is 0 Å². The predicted molar refractivity (Wildman–Crippen MR) is 79.6 cm³/mol. The van der Waals surface area contributed by atoms with Gasteiger partial charge in [-0.05, 0) is 54.4 Å². The Morgan fingerprint density at radius 2 is 1.86 bits per heavy atom. The Morgan fingerprint density at radius 1 is 1.14 bits per heavy atom. The Balaban J connectivity index is 0.00000220. The smallest absolute Gasteiger partial charge is 0.545 e. The second-order valence-electron chi connectivity index (χ2n) is 6.68. The molecule has 0 aliphatic heterocycles. The van der Waals surface area contributed by atoms with Gasteiger partial charge in [-0.25, -0.2) is 0 Å². The van der Waals surface area contributed by atoms with Crippen LogP contribution in [0.1, 0.15) is 33.6 Å². The summed E-state index contributed by atoms with van der Waals surface area (Å²) in [7, 11) is 0. The molecule has 2 rings (SSSR count). The molecule has 0 saturated heterocycles. The Kier molecular flexibility index (Phi) is 7.46. The van der Waals surface area contributed by atoms with E-state index in [1.165, 1.54) is 12.8 Å². The van der Waals surface area contributed by atoms with Crippen molar-refractivity contribution in [3.8, 4) is 0 Å². The summed E-state index contributed by atoms with van der Waals surface area (Å²) in [6.07, 6.45) is 14.1. The largest absolute Gasteiger partial charge is 1.00 e. The summed E-state index contributed by atoms with van der Waals surface area (Å²) in [5, 5.41) is 10.4. The Bertz CT molecular complexity index is 438. The van der Waals surface area contributed by atoms with Gasteiger partial charge in [-0.15, -0.1) is 0 Å². The van der Waals surface area contributed by atoms with E-state index in [1.54, 1.807) is 6.08 Å². The van der Waals surface area contributed by atoms with Crippen molar-refractivity contribution >= 4 is 5.97 Å². The number of hydrogen-bond donors (Lipinski definition) is 0. The molecule has 0 aromatic carbocycles. The first-order valence-electron chi connectivity index (χ1n) is 7.73. The first-order valence-corrected chi connectivity index (χ1v) is 7.73. The van der Waals surface area contributed by atoms with Gasteiger partial charge in [-0.3, -0.25) is 0 Å². The third-order valence-corrected chi connectivity index (χ3v) is 4.99. The van der Waals surface area contributed by atoms with Gasteiger partial charge in [0, 0.05) is 0 Å². The van der Waals surface area contributed by atoms with E-state index in [2.05, 4.69) is 39.0 Å². The number of carboxylic acids is 1.